The molecule has 0 spiro atoms. The van der Waals surface area contributed by atoms with Crippen molar-refractivity contribution in [3.63, 3.8) is 0 Å². The van der Waals surface area contributed by atoms with Gasteiger partial charge in [0.15, 0.2) is 0 Å². The highest BCUT2D eigenvalue weighted by Gasteiger charge is 2.25. The van der Waals surface area contributed by atoms with Crippen molar-refractivity contribution >= 4 is 0 Å². The fourth-order valence-corrected chi connectivity index (χ4v) is 2.39. The van der Waals surface area contributed by atoms with E-state index < -0.39 is 0 Å². The van der Waals surface area contributed by atoms with E-state index in [2.05, 4.69) is 38.2 Å². The van der Waals surface area contributed by atoms with Crippen molar-refractivity contribution in [1.82, 2.24) is 5.32 Å². The van der Waals surface area contributed by atoms with Gasteiger partial charge in [-0.05, 0) is 38.1 Å². The van der Waals surface area contributed by atoms with E-state index in [4.69, 9.17) is 0 Å². The molecule has 14 heavy (non-hydrogen) atoms. The second-order valence-corrected chi connectivity index (χ2v) is 4.69. The molecule has 0 heterocycles. The minimum atomic E-state index is 0.768. The third-order valence-electron chi connectivity index (χ3n) is 3.66. The van der Waals surface area contributed by atoms with Crippen molar-refractivity contribution in [2.45, 2.75) is 52.5 Å². The molecule has 1 N–H and O–H groups in total. The maximum atomic E-state index is 3.69. The summed E-state index contributed by atoms with van der Waals surface area (Å²) in [6.45, 7) is 8.03. The van der Waals surface area contributed by atoms with Crippen LogP contribution in [0, 0.1) is 11.8 Å². The molecule has 0 aromatic heterocycles. The standard InChI is InChI=1S/C13H25N/c1-4-5-6-10-14-13-9-7-8-11(2)12(13)3/h4-5,11-14H,6-10H2,1-3H3/b5-4+. The molecule has 1 aliphatic carbocycles. The fraction of sp³-hybridized carbons (Fsp3) is 0.846. The molecule has 0 aromatic carbocycles. The van der Waals surface area contributed by atoms with Crippen molar-refractivity contribution in [1.29, 1.82) is 0 Å². The first kappa shape index (κ1) is 11.8. The van der Waals surface area contributed by atoms with E-state index in [1.807, 2.05) is 0 Å². The Bertz CT molecular complexity index is 174. The Labute approximate surface area is 89.0 Å². The number of nitrogens with one attached hydrogen (secondary N) is 1. The van der Waals surface area contributed by atoms with E-state index in [1.54, 1.807) is 0 Å². The summed E-state index contributed by atoms with van der Waals surface area (Å²) < 4.78 is 0. The van der Waals surface area contributed by atoms with Gasteiger partial charge in [0.25, 0.3) is 0 Å². The second kappa shape index (κ2) is 6.23. The summed E-state index contributed by atoms with van der Waals surface area (Å²) >= 11 is 0. The minimum Gasteiger partial charge on any atom is -0.313 e. The van der Waals surface area contributed by atoms with Gasteiger partial charge in [0, 0.05) is 6.04 Å². The molecule has 3 unspecified atom stereocenters. The lowest BCUT2D eigenvalue weighted by molar-refractivity contribution is 0.208. The number of hydrogen-bond donors (Lipinski definition) is 1. The lowest BCUT2D eigenvalue weighted by Crippen LogP contribution is -2.40. The zero-order valence-corrected chi connectivity index (χ0v) is 9.92. The first-order valence-electron chi connectivity index (χ1n) is 6.10. The van der Waals surface area contributed by atoms with Crippen LogP contribution in [0.5, 0.6) is 0 Å². The van der Waals surface area contributed by atoms with Gasteiger partial charge in [0.05, 0.1) is 0 Å². The van der Waals surface area contributed by atoms with Crippen LogP contribution in [0.2, 0.25) is 0 Å². The van der Waals surface area contributed by atoms with Gasteiger partial charge in [-0.25, -0.2) is 0 Å². The van der Waals surface area contributed by atoms with E-state index >= 15 is 0 Å². The molecule has 0 saturated heterocycles. The summed E-state index contributed by atoms with van der Waals surface area (Å²) in [7, 11) is 0. The SMILES string of the molecule is C/C=C/CCNC1CCCC(C)C1C. The Balaban J connectivity index is 2.22. The van der Waals surface area contributed by atoms with Gasteiger partial charge < -0.3 is 5.32 Å². The summed E-state index contributed by atoms with van der Waals surface area (Å²) in [6, 6.07) is 0.768. The van der Waals surface area contributed by atoms with Gasteiger partial charge in [0.1, 0.15) is 0 Å². The van der Waals surface area contributed by atoms with Crippen molar-refractivity contribution < 1.29 is 0 Å². The van der Waals surface area contributed by atoms with Crippen LogP contribution < -0.4 is 5.32 Å². The Morgan fingerprint density at radius 2 is 2.07 bits per heavy atom. The van der Waals surface area contributed by atoms with Crippen molar-refractivity contribution in [2.24, 2.45) is 11.8 Å². The van der Waals surface area contributed by atoms with Crippen LogP contribution in [-0.2, 0) is 0 Å². The highest BCUT2D eigenvalue weighted by Crippen LogP contribution is 2.29. The van der Waals surface area contributed by atoms with Gasteiger partial charge in [-0.2, -0.15) is 0 Å². The molecular formula is C13H25N. The highest BCUT2D eigenvalue weighted by atomic mass is 14.9. The van der Waals surface area contributed by atoms with Crippen LogP contribution in [0.4, 0.5) is 0 Å². The molecule has 1 aliphatic rings. The Hall–Kier alpha value is -0.300. The molecule has 1 nitrogen and oxygen atoms in total. The monoisotopic (exact) mass is 195 g/mol. The fourth-order valence-electron chi connectivity index (χ4n) is 2.39. The van der Waals surface area contributed by atoms with Crippen LogP contribution in [0.1, 0.15) is 46.5 Å². The van der Waals surface area contributed by atoms with Crippen molar-refractivity contribution in [2.75, 3.05) is 6.54 Å². The van der Waals surface area contributed by atoms with Gasteiger partial charge in [-0.1, -0.05) is 38.8 Å². The topological polar surface area (TPSA) is 12.0 Å². The van der Waals surface area contributed by atoms with Crippen LogP contribution in [0.25, 0.3) is 0 Å². The lowest BCUT2D eigenvalue weighted by Gasteiger charge is -2.34. The van der Waals surface area contributed by atoms with Crippen LogP contribution in [0.3, 0.4) is 0 Å². The Morgan fingerprint density at radius 1 is 1.29 bits per heavy atom. The Morgan fingerprint density at radius 3 is 2.79 bits per heavy atom. The quantitative estimate of drug-likeness (QED) is 0.536. The molecular weight excluding hydrogens is 170 g/mol. The first-order valence-corrected chi connectivity index (χ1v) is 6.10. The lowest BCUT2D eigenvalue weighted by atomic mass is 9.78. The largest absolute Gasteiger partial charge is 0.313 e. The van der Waals surface area contributed by atoms with Gasteiger partial charge in [-0.3, -0.25) is 0 Å². The maximum Gasteiger partial charge on any atom is 0.00953 e. The maximum absolute atomic E-state index is 3.69. The average Bonchev–Trinajstić information content (AvgIpc) is 2.19. The number of allylic oxidation sites excluding steroid dienone is 1. The summed E-state index contributed by atoms with van der Waals surface area (Å²) in [5, 5.41) is 3.69. The molecule has 82 valence electrons. The van der Waals surface area contributed by atoms with E-state index in [0.717, 1.165) is 24.4 Å². The van der Waals surface area contributed by atoms with Gasteiger partial charge >= 0.3 is 0 Å². The van der Waals surface area contributed by atoms with Crippen molar-refractivity contribution in [3.05, 3.63) is 12.2 Å². The molecule has 1 fully saturated rings. The van der Waals surface area contributed by atoms with Crippen LogP contribution >= 0.6 is 0 Å². The van der Waals surface area contributed by atoms with Gasteiger partial charge in [-0.15, -0.1) is 0 Å². The molecule has 0 aliphatic heterocycles. The molecule has 0 aromatic rings. The van der Waals surface area contributed by atoms with E-state index in [1.165, 1.54) is 25.7 Å². The third-order valence-corrected chi connectivity index (χ3v) is 3.66. The molecule has 1 saturated carbocycles. The van der Waals surface area contributed by atoms with Crippen molar-refractivity contribution in [3.8, 4) is 0 Å². The third kappa shape index (κ3) is 3.45. The zero-order valence-electron chi connectivity index (χ0n) is 9.92. The molecule has 3 atom stereocenters. The van der Waals surface area contributed by atoms with E-state index in [0.29, 0.717) is 0 Å². The normalized spacial score (nSPS) is 33.8. The van der Waals surface area contributed by atoms with E-state index in [-0.39, 0.29) is 0 Å². The predicted octanol–water partition coefficient (Wildman–Crippen LogP) is 3.37. The summed E-state index contributed by atoms with van der Waals surface area (Å²) in [5.41, 5.74) is 0. The molecule has 0 radical (unpaired) electrons. The Kier molecular flexibility index (Phi) is 5.24. The number of hydrogen-bond acceptors (Lipinski definition) is 1. The molecule has 1 heteroatoms. The zero-order chi connectivity index (χ0) is 10.4. The predicted molar refractivity (Wildman–Crippen MR) is 63.4 cm³/mol. The molecule has 0 bridgehead atoms. The second-order valence-electron chi connectivity index (χ2n) is 4.69. The van der Waals surface area contributed by atoms with Gasteiger partial charge in [0.2, 0.25) is 0 Å². The summed E-state index contributed by atoms with van der Waals surface area (Å²) in [6.07, 6.45) is 9.76. The highest BCUT2D eigenvalue weighted by molar-refractivity contribution is 4.84. The average molecular weight is 195 g/mol. The molecule has 1 rings (SSSR count). The van der Waals surface area contributed by atoms with Crippen LogP contribution in [0.15, 0.2) is 12.2 Å². The van der Waals surface area contributed by atoms with Crippen LogP contribution in [-0.4, -0.2) is 12.6 Å². The summed E-state index contributed by atoms with van der Waals surface area (Å²) in [4.78, 5) is 0. The molecule has 0 amide bonds. The smallest absolute Gasteiger partial charge is 0.00953 e. The van der Waals surface area contributed by atoms with E-state index in [9.17, 15) is 0 Å². The minimum absolute atomic E-state index is 0.768. The first-order chi connectivity index (χ1) is 6.75. The number of rotatable bonds is 4. The summed E-state index contributed by atoms with van der Waals surface area (Å²) in [5.74, 6) is 1.76.